The first-order chi connectivity index (χ1) is 12.7. The van der Waals surface area contributed by atoms with Crippen molar-refractivity contribution in [3.05, 3.63) is 72.1 Å². The molecule has 2 aromatic carbocycles. The highest BCUT2D eigenvalue weighted by molar-refractivity contribution is 5.61. The molecule has 0 radical (unpaired) electrons. The van der Waals surface area contributed by atoms with Crippen LogP contribution in [0.5, 0.6) is 11.5 Å². The van der Waals surface area contributed by atoms with E-state index in [1.807, 2.05) is 60.7 Å². The number of aliphatic imine (C=N–C) groups is 1. The summed E-state index contributed by atoms with van der Waals surface area (Å²) in [6, 6.07) is 17.8. The van der Waals surface area contributed by atoms with Crippen LogP contribution < -0.4 is 26.4 Å². The van der Waals surface area contributed by atoms with Crippen LogP contribution in [0.2, 0.25) is 0 Å². The highest BCUT2D eigenvalue weighted by atomic mass is 16.5. The summed E-state index contributed by atoms with van der Waals surface area (Å²) in [6.45, 7) is 1.99. The van der Waals surface area contributed by atoms with Crippen LogP contribution in [0, 0.1) is 0 Å². The van der Waals surface area contributed by atoms with E-state index in [2.05, 4.69) is 20.9 Å². The number of rotatable bonds is 5. The van der Waals surface area contributed by atoms with Crippen molar-refractivity contribution in [2.45, 2.75) is 18.1 Å². The summed E-state index contributed by atoms with van der Waals surface area (Å²) in [5.41, 5.74) is 6.54. The molecule has 2 aromatic rings. The van der Waals surface area contributed by atoms with Gasteiger partial charge in [0.2, 0.25) is 0 Å². The van der Waals surface area contributed by atoms with Crippen LogP contribution in [0.25, 0.3) is 0 Å². The number of nitrogens with one attached hydrogen (secondary N) is 3. The fourth-order valence-electron chi connectivity index (χ4n) is 3.16. The smallest absolute Gasteiger partial charge is 0.158 e. The lowest BCUT2D eigenvalue weighted by atomic mass is 9.99. The minimum Gasteiger partial charge on any atom is -0.457 e. The van der Waals surface area contributed by atoms with Gasteiger partial charge < -0.3 is 20.7 Å². The van der Waals surface area contributed by atoms with E-state index in [-0.39, 0.29) is 0 Å². The summed E-state index contributed by atoms with van der Waals surface area (Å²) in [7, 11) is 0. The molecule has 1 saturated heterocycles. The minimum atomic E-state index is -0.898. The molecule has 6 nitrogen and oxygen atoms in total. The van der Waals surface area contributed by atoms with E-state index in [0.29, 0.717) is 6.04 Å². The average Bonchev–Trinajstić information content (AvgIpc) is 3.16. The summed E-state index contributed by atoms with van der Waals surface area (Å²) in [5.74, 6) is 2.46. The minimum absolute atomic E-state index is 0.408. The van der Waals surface area contributed by atoms with E-state index in [1.54, 1.807) is 6.34 Å². The number of nitrogens with two attached hydrogens (primary N) is 1. The number of benzene rings is 2. The molecule has 2 heterocycles. The molecule has 0 aliphatic carbocycles. The normalized spacial score (nSPS) is 24.7. The first-order valence-corrected chi connectivity index (χ1v) is 8.84. The molecule has 0 aromatic heterocycles. The molecule has 0 saturated carbocycles. The second-order valence-electron chi connectivity index (χ2n) is 6.56. The van der Waals surface area contributed by atoms with Crippen molar-refractivity contribution in [1.29, 1.82) is 0 Å². The van der Waals surface area contributed by atoms with Gasteiger partial charge >= 0.3 is 0 Å². The molecular weight excluding hydrogens is 326 g/mol. The van der Waals surface area contributed by atoms with Gasteiger partial charge in [-0.1, -0.05) is 30.3 Å². The van der Waals surface area contributed by atoms with Crippen LogP contribution in [0.1, 0.15) is 12.0 Å². The molecule has 2 atom stereocenters. The van der Waals surface area contributed by atoms with E-state index in [4.69, 9.17) is 10.5 Å². The van der Waals surface area contributed by atoms with Gasteiger partial charge in [0.15, 0.2) is 5.66 Å². The van der Waals surface area contributed by atoms with Gasteiger partial charge in [0.05, 0.1) is 6.34 Å². The van der Waals surface area contributed by atoms with Crippen molar-refractivity contribution in [2.24, 2.45) is 10.7 Å². The summed E-state index contributed by atoms with van der Waals surface area (Å²) >= 11 is 0. The summed E-state index contributed by atoms with van der Waals surface area (Å²) < 4.78 is 5.84. The predicted molar refractivity (Wildman–Crippen MR) is 103 cm³/mol. The highest BCUT2D eigenvalue weighted by Gasteiger charge is 2.27. The third-order valence-electron chi connectivity index (χ3n) is 4.58. The maximum absolute atomic E-state index is 6.54. The third-order valence-corrected chi connectivity index (χ3v) is 4.58. The number of para-hydroxylation sites is 1. The number of hydrogen-bond donors (Lipinski definition) is 4. The molecule has 2 aliphatic rings. The lowest BCUT2D eigenvalue weighted by molar-refractivity contribution is 0.481. The van der Waals surface area contributed by atoms with Crippen molar-refractivity contribution in [3.8, 4) is 11.5 Å². The standard InChI is InChI=1S/C20H23N5O/c21-20(12-19(23-14-24-20)25-16-10-11-22-13-16)15-6-8-18(9-7-15)26-17-4-2-1-3-5-17/h1-9,12,14,16,22,25H,10-11,13,21H2,(H,23,24). The van der Waals surface area contributed by atoms with E-state index >= 15 is 0 Å². The maximum Gasteiger partial charge on any atom is 0.158 e. The molecule has 0 spiro atoms. The molecule has 1 fully saturated rings. The Morgan fingerprint density at radius 1 is 1.08 bits per heavy atom. The van der Waals surface area contributed by atoms with E-state index < -0.39 is 5.66 Å². The SMILES string of the molecule is NC1(c2ccc(Oc3ccccc3)cc2)C=C(NC2CCNC2)NC=N1. The van der Waals surface area contributed by atoms with Gasteiger partial charge in [-0.15, -0.1) is 0 Å². The predicted octanol–water partition coefficient (Wildman–Crippen LogP) is 2.01. The van der Waals surface area contributed by atoms with E-state index in [0.717, 1.165) is 42.4 Å². The fraction of sp³-hybridized carbons (Fsp3) is 0.250. The van der Waals surface area contributed by atoms with Crippen molar-refractivity contribution in [3.63, 3.8) is 0 Å². The van der Waals surface area contributed by atoms with Gasteiger partial charge in [0, 0.05) is 18.7 Å². The molecule has 4 rings (SSSR count). The number of hydrogen-bond acceptors (Lipinski definition) is 6. The molecule has 26 heavy (non-hydrogen) atoms. The second kappa shape index (κ2) is 7.19. The first kappa shape index (κ1) is 16.6. The molecule has 6 heteroatoms. The van der Waals surface area contributed by atoms with Crippen LogP contribution in [-0.2, 0) is 5.66 Å². The molecular formula is C20H23N5O. The van der Waals surface area contributed by atoms with E-state index in [1.165, 1.54) is 0 Å². The monoisotopic (exact) mass is 349 g/mol. The third kappa shape index (κ3) is 3.71. The Hall–Kier alpha value is -2.83. The van der Waals surface area contributed by atoms with Crippen molar-refractivity contribution >= 4 is 6.34 Å². The summed E-state index contributed by atoms with van der Waals surface area (Å²) in [4.78, 5) is 4.44. The molecule has 0 bridgehead atoms. The average molecular weight is 349 g/mol. The Morgan fingerprint density at radius 2 is 1.85 bits per heavy atom. The molecule has 0 amide bonds. The Morgan fingerprint density at radius 3 is 2.58 bits per heavy atom. The van der Waals surface area contributed by atoms with Crippen LogP contribution in [0.3, 0.4) is 0 Å². The van der Waals surface area contributed by atoms with Crippen LogP contribution in [-0.4, -0.2) is 25.5 Å². The van der Waals surface area contributed by atoms with Crippen LogP contribution in [0.15, 0.2) is 71.5 Å². The van der Waals surface area contributed by atoms with Crippen molar-refractivity contribution in [2.75, 3.05) is 13.1 Å². The largest absolute Gasteiger partial charge is 0.457 e. The van der Waals surface area contributed by atoms with Gasteiger partial charge in [-0.2, -0.15) is 0 Å². The lowest BCUT2D eigenvalue weighted by Gasteiger charge is -2.28. The highest BCUT2D eigenvalue weighted by Crippen LogP contribution is 2.28. The van der Waals surface area contributed by atoms with Gasteiger partial charge in [-0.3, -0.25) is 5.73 Å². The topological polar surface area (TPSA) is 83.7 Å². The van der Waals surface area contributed by atoms with Gasteiger partial charge in [0.1, 0.15) is 17.3 Å². The summed E-state index contributed by atoms with van der Waals surface area (Å²) in [6.07, 6.45) is 4.68. The summed E-state index contributed by atoms with van der Waals surface area (Å²) in [5, 5.41) is 9.96. The molecule has 134 valence electrons. The van der Waals surface area contributed by atoms with Crippen molar-refractivity contribution in [1.82, 2.24) is 16.0 Å². The number of nitrogens with zero attached hydrogens (tertiary/aromatic N) is 1. The molecule has 2 aliphatic heterocycles. The zero-order chi connectivity index (χ0) is 17.8. The fourth-order valence-corrected chi connectivity index (χ4v) is 3.16. The maximum atomic E-state index is 6.54. The van der Waals surface area contributed by atoms with Crippen LogP contribution in [0.4, 0.5) is 0 Å². The number of ether oxygens (including phenoxy) is 1. The van der Waals surface area contributed by atoms with Gasteiger partial charge in [-0.25, -0.2) is 4.99 Å². The first-order valence-electron chi connectivity index (χ1n) is 8.84. The Bertz CT molecular complexity index is 797. The molecule has 5 N–H and O–H groups in total. The van der Waals surface area contributed by atoms with Crippen molar-refractivity contribution < 1.29 is 4.74 Å². The van der Waals surface area contributed by atoms with Crippen LogP contribution >= 0.6 is 0 Å². The van der Waals surface area contributed by atoms with E-state index in [9.17, 15) is 0 Å². The quantitative estimate of drug-likeness (QED) is 0.664. The van der Waals surface area contributed by atoms with Gasteiger partial charge in [0.25, 0.3) is 0 Å². The second-order valence-corrected chi connectivity index (χ2v) is 6.56. The van der Waals surface area contributed by atoms with Gasteiger partial charge in [-0.05, 0) is 42.8 Å². The zero-order valence-corrected chi connectivity index (χ0v) is 14.5. The Balaban J connectivity index is 1.49. The molecule has 2 unspecified atom stereocenters. The zero-order valence-electron chi connectivity index (χ0n) is 14.5. The Labute approximate surface area is 153 Å². The lowest BCUT2D eigenvalue weighted by Crippen LogP contribution is -2.43. The Kier molecular flexibility index (Phi) is 4.60.